The lowest BCUT2D eigenvalue weighted by atomic mass is 9.56. The number of hydrogen-bond donors (Lipinski definition) is 1. The third-order valence-electron chi connectivity index (χ3n) is 6.83. The fourth-order valence-electron chi connectivity index (χ4n) is 5.64. The smallest absolute Gasteiger partial charge is 0.119 e. The van der Waals surface area contributed by atoms with Gasteiger partial charge in [0.05, 0.1) is 13.2 Å². The van der Waals surface area contributed by atoms with Crippen molar-refractivity contribution in [2.45, 2.75) is 55.9 Å². The van der Waals surface area contributed by atoms with Crippen LogP contribution in [-0.2, 0) is 6.42 Å². The number of halogens is 1. The molecule has 1 aromatic carbocycles. The summed E-state index contributed by atoms with van der Waals surface area (Å²) in [6.07, 6.45) is 5.69. The molecule has 2 nitrogen and oxygen atoms in total. The first-order valence-corrected chi connectivity index (χ1v) is 9.45. The van der Waals surface area contributed by atoms with Gasteiger partial charge in [0.1, 0.15) is 5.75 Å². The Morgan fingerprint density at radius 2 is 2.14 bits per heavy atom. The second-order valence-electron chi connectivity index (χ2n) is 7.73. The molecule has 4 rings (SSSR count). The molecule has 0 unspecified atom stereocenters. The van der Waals surface area contributed by atoms with E-state index in [2.05, 4.69) is 41.1 Å². The molecule has 0 amide bonds. The number of fused-ring (bicyclic) bond motifs is 5. The molecule has 6 atom stereocenters. The van der Waals surface area contributed by atoms with E-state index >= 15 is 0 Å². The van der Waals surface area contributed by atoms with Crippen molar-refractivity contribution < 1.29 is 9.84 Å². The van der Waals surface area contributed by atoms with Gasteiger partial charge in [0.15, 0.2) is 0 Å². The Morgan fingerprint density at radius 1 is 1.32 bits per heavy atom. The van der Waals surface area contributed by atoms with Crippen molar-refractivity contribution in [2.24, 2.45) is 17.3 Å². The van der Waals surface area contributed by atoms with E-state index in [0.717, 1.165) is 24.5 Å². The van der Waals surface area contributed by atoms with Gasteiger partial charge in [-0.05, 0) is 78.5 Å². The molecule has 0 spiro atoms. The highest BCUT2D eigenvalue weighted by Crippen LogP contribution is 2.62. The van der Waals surface area contributed by atoms with Crippen molar-refractivity contribution in [1.82, 2.24) is 0 Å². The molecule has 3 heteroatoms. The summed E-state index contributed by atoms with van der Waals surface area (Å²) in [5, 5.41) is 10.4. The molecule has 3 aliphatic rings. The summed E-state index contributed by atoms with van der Waals surface area (Å²) in [6.45, 7) is 2.40. The number of rotatable bonds is 1. The highest BCUT2D eigenvalue weighted by molar-refractivity contribution is 9.09. The molecule has 1 aromatic rings. The van der Waals surface area contributed by atoms with E-state index in [1.807, 2.05) is 0 Å². The van der Waals surface area contributed by atoms with Crippen molar-refractivity contribution in [3.63, 3.8) is 0 Å². The Hall–Kier alpha value is -0.540. The molecule has 3 aliphatic carbocycles. The predicted octanol–water partition coefficient (Wildman–Crippen LogP) is 4.29. The number of methoxy groups -OCH3 is 1. The summed E-state index contributed by atoms with van der Waals surface area (Å²) in [6, 6.07) is 6.65. The molecule has 0 aliphatic heterocycles. The Kier molecular flexibility index (Phi) is 3.58. The number of aryl methyl sites for hydroxylation is 1. The normalized spacial score (nSPS) is 43.2. The summed E-state index contributed by atoms with van der Waals surface area (Å²) < 4.78 is 5.39. The van der Waals surface area contributed by atoms with E-state index < -0.39 is 0 Å². The van der Waals surface area contributed by atoms with Gasteiger partial charge in [0.2, 0.25) is 0 Å². The highest BCUT2D eigenvalue weighted by Gasteiger charge is 2.57. The van der Waals surface area contributed by atoms with Gasteiger partial charge in [-0.1, -0.05) is 28.9 Å². The van der Waals surface area contributed by atoms with E-state index in [1.165, 1.54) is 24.8 Å². The van der Waals surface area contributed by atoms with Crippen molar-refractivity contribution in [3.05, 3.63) is 29.3 Å². The van der Waals surface area contributed by atoms with Gasteiger partial charge in [-0.25, -0.2) is 0 Å². The summed E-state index contributed by atoms with van der Waals surface area (Å²) in [7, 11) is 1.75. The largest absolute Gasteiger partial charge is 0.497 e. The molecule has 0 aromatic heterocycles. The van der Waals surface area contributed by atoms with Crippen molar-refractivity contribution in [1.29, 1.82) is 0 Å². The van der Waals surface area contributed by atoms with E-state index in [0.29, 0.717) is 11.8 Å². The number of benzene rings is 1. The standard InChI is InChI=1S/C19H25BrO2/c1-19-8-7-14-13-6-4-12(22-2)9-11(13)3-5-15(14)16(19)10-17(21)18(19)20/h4,6,9,14-18,21H,3,5,7-8,10H2,1-2H3/t14-,15-,16+,17+,18-,19+/m1/s1. The summed E-state index contributed by atoms with van der Waals surface area (Å²) in [4.78, 5) is 0.267. The zero-order valence-electron chi connectivity index (χ0n) is 13.4. The first kappa shape index (κ1) is 15.0. The number of aliphatic hydroxyl groups is 1. The van der Waals surface area contributed by atoms with Gasteiger partial charge in [-0.2, -0.15) is 0 Å². The number of hydrogen-bond acceptors (Lipinski definition) is 2. The molecule has 22 heavy (non-hydrogen) atoms. The quantitative estimate of drug-likeness (QED) is 0.753. The van der Waals surface area contributed by atoms with Gasteiger partial charge in [0, 0.05) is 4.83 Å². The summed E-state index contributed by atoms with van der Waals surface area (Å²) >= 11 is 3.80. The zero-order valence-corrected chi connectivity index (χ0v) is 15.0. The van der Waals surface area contributed by atoms with Crippen LogP contribution in [0.5, 0.6) is 5.75 Å². The van der Waals surface area contributed by atoms with E-state index in [-0.39, 0.29) is 16.3 Å². The third kappa shape index (κ3) is 2.01. The average Bonchev–Trinajstić information content (AvgIpc) is 2.77. The van der Waals surface area contributed by atoms with Crippen molar-refractivity contribution in [3.8, 4) is 5.75 Å². The van der Waals surface area contributed by atoms with Crippen molar-refractivity contribution >= 4 is 15.9 Å². The van der Waals surface area contributed by atoms with Gasteiger partial charge in [-0.15, -0.1) is 0 Å². The molecule has 0 bridgehead atoms. The van der Waals surface area contributed by atoms with Crippen LogP contribution in [0.2, 0.25) is 0 Å². The fraction of sp³-hybridized carbons (Fsp3) is 0.684. The molecular weight excluding hydrogens is 340 g/mol. The van der Waals surface area contributed by atoms with Gasteiger partial charge in [0.25, 0.3) is 0 Å². The van der Waals surface area contributed by atoms with Gasteiger partial charge in [-0.3, -0.25) is 0 Å². The predicted molar refractivity (Wildman–Crippen MR) is 91.7 cm³/mol. The van der Waals surface area contributed by atoms with Crippen LogP contribution in [0.4, 0.5) is 0 Å². The molecular formula is C19H25BrO2. The SMILES string of the molecule is COc1ccc2c(c1)CC[C@@H]1[C@@H]2CC[C@]2(C)[C@H](Br)[C@@H](O)C[C@@H]12. The molecule has 2 saturated carbocycles. The Labute approximate surface area is 141 Å². The second-order valence-corrected chi connectivity index (χ2v) is 8.72. The number of alkyl halides is 1. The first-order valence-electron chi connectivity index (χ1n) is 8.53. The minimum Gasteiger partial charge on any atom is -0.497 e. The Balaban J connectivity index is 1.69. The average molecular weight is 365 g/mol. The second kappa shape index (κ2) is 5.24. The molecule has 2 fully saturated rings. The van der Waals surface area contributed by atoms with Crippen LogP contribution in [0, 0.1) is 17.3 Å². The van der Waals surface area contributed by atoms with Crippen molar-refractivity contribution in [2.75, 3.05) is 7.11 Å². The van der Waals surface area contributed by atoms with Crippen LogP contribution in [0.15, 0.2) is 18.2 Å². The summed E-state index contributed by atoms with van der Waals surface area (Å²) in [5.41, 5.74) is 3.30. The van der Waals surface area contributed by atoms with Crippen LogP contribution < -0.4 is 4.74 Å². The highest BCUT2D eigenvalue weighted by atomic mass is 79.9. The molecule has 0 radical (unpaired) electrons. The number of ether oxygens (including phenoxy) is 1. The van der Waals surface area contributed by atoms with Crippen LogP contribution in [0.1, 0.15) is 49.7 Å². The third-order valence-corrected chi connectivity index (χ3v) is 8.49. The molecule has 0 heterocycles. The first-order chi connectivity index (χ1) is 10.5. The van der Waals surface area contributed by atoms with Gasteiger partial charge >= 0.3 is 0 Å². The fourth-order valence-corrected chi connectivity index (χ4v) is 6.42. The maximum absolute atomic E-state index is 10.4. The summed E-state index contributed by atoms with van der Waals surface area (Å²) in [5.74, 6) is 3.05. The van der Waals surface area contributed by atoms with E-state index in [9.17, 15) is 5.11 Å². The van der Waals surface area contributed by atoms with Crippen LogP contribution in [0.25, 0.3) is 0 Å². The van der Waals surface area contributed by atoms with Crippen LogP contribution >= 0.6 is 15.9 Å². The lowest BCUT2D eigenvalue weighted by molar-refractivity contribution is 0.0640. The maximum Gasteiger partial charge on any atom is 0.119 e. The van der Waals surface area contributed by atoms with E-state index in [1.54, 1.807) is 12.7 Å². The topological polar surface area (TPSA) is 29.5 Å². The van der Waals surface area contributed by atoms with Crippen LogP contribution in [0.3, 0.4) is 0 Å². The number of aliphatic hydroxyl groups excluding tert-OH is 1. The van der Waals surface area contributed by atoms with E-state index in [4.69, 9.17) is 4.74 Å². The minimum absolute atomic E-state index is 0.175. The molecule has 1 N–H and O–H groups in total. The molecule has 120 valence electrons. The molecule has 0 saturated heterocycles. The lowest BCUT2D eigenvalue weighted by Gasteiger charge is -2.50. The minimum atomic E-state index is -0.175. The van der Waals surface area contributed by atoms with Gasteiger partial charge < -0.3 is 9.84 Å². The Bertz CT molecular complexity index is 587. The lowest BCUT2D eigenvalue weighted by Crippen LogP contribution is -2.43. The monoisotopic (exact) mass is 364 g/mol. The van der Waals surface area contributed by atoms with Crippen LogP contribution in [-0.4, -0.2) is 23.1 Å². The zero-order chi connectivity index (χ0) is 15.5. The Morgan fingerprint density at radius 3 is 2.91 bits per heavy atom. The maximum atomic E-state index is 10.4.